The first-order chi connectivity index (χ1) is 8.97. The predicted molar refractivity (Wildman–Crippen MR) is 67.2 cm³/mol. The number of nitrogens with zero attached hydrogens (tertiary/aromatic N) is 1. The number of halogens is 5. The van der Waals surface area contributed by atoms with Gasteiger partial charge in [-0.1, -0.05) is 31.6 Å². The second-order valence-electron chi connectivity index (χ2n) is 4.94. The average molecular weight is 312 g/mol. The standard InChI is InChI=1S/C12H13F5N2S/c13-20(14,15,16,17)11-3-1-2-10(8-11)12(9-18)4-6-19-7-5-12/h1-3,8,19H,4-7H2. The molecule has 1 N–H and O–H groups in total. The van der Waals surface area contributed by atoms with Crippen molar-refractivity contribution in [2.75, 3.05) is 13.1 Å². The molecule has 0 spiro atoms. The fourth-order valence-corrected chi connectivity index (χ4v) is 3.04. The molecule has 1 aromatic carbocycles. The van der Waals surface area contributed by atoms with Crippen molar-refractivity contribution >= 4 is 10.2 Å². The molecule has 0 unspecified atom stereocenters. The maximum atomic E-state index is 12.8. The van der Waals surface area contributed by atoms with Crippen LogP contribution in [0.3, 0.4) is 0 Å². The fraction of sp³-hybridized carbons (Fsp3) is 0.417. The Labute approximate surface area is 113 Å². The van der Waals surface area contributed by atoms with E-state index in [4.69, 9.17) is 0 Å². The van der Waals surface area contributed by atoms with E-state index >= 15 is 0 Å². The third-order valence-corrected chi connectivity index (χ3v) is 4.65. The number of nitrogens with one attached hydrogen (secondary N) is 1. The SMILES string of the molecule is N#CC1(c2cccc(S(F)(F)(F)(F)F)c2)CCNCC1. The van der Waals surface area contributed by atoms with Crippen molar-refractivity contribution in [2.45, 2.75) is 23.2 Å². The Morgan fingerprint density at radius 2 is 1.70 bits per heavy atom. The summed E-state index contributed by atoms with van der Waals surface area (Å²) in [6.45, 7) is 0.933. The molecule has 0 saturated carbocycles. The zero-order chi connectivity index (χ0) is 15.1. The van der Waals surface area contributed by atoms with Gasteiger partial charge in [-0.15, -0.1) is 0 Å². The van der Waals surface area contributed by atoms with Crippen molar-refractivity contribution in [1.29, 1.82) is 5.26 Å². The average Bonchev–Trinajstić information content (AvgIpc) is 2.37. The lowest BCUT2D eigenvalue weighted by atomic mass is 9.74. The third-order valence-electron chi connectivity index (χ3n) is 3.50. The van der Waals surface area contributed by atoms with Gasteiger partial charge in [0, 0.05) is 0 Å². The van der Waals surface area contributed by atoms with Crippen molar-refractivity contribution in [1.82, 2.24) is 5.32 Å². The van der Waals surface area contributed by atoms with Gasteiger partial charge in [-0.25, -0.2) is 0 Å². The molecule has 2 nitrogen and oxygen atoms in total. The second kappa shape index (κ2) is 3.86. The van der Waals surface area contributed by atoms with Crippen LogP contribution in [0.5, 0.6) is 0 Å². The number of hydrogen-bond acceptors (Lipinski definition) is 2. The molecule has 0 bridgehead atoms. The Hall–Kier alpha value is -1.33. The summed E-state index contributed by atoms with van der Waals surface area (Å²) in [6, 6.07) is 5.02. The third kappa shape index (κ3) is 2.88. The highest BCUT2D eigenvalue weighted by Crippen LogP contribution is 3.02. The topological polar surface area (TPSA) is 35.8 Å². The molecule has 0 aliphatic carbocycles. The van der Waals surface area contributed by atoms with E-state index in [-0.39, 0.29) is 5.56 Å². The van der Waals surface area contributed by atoms with Crippen LogP contribution in [0.4, 0.5) is 19.4 Å². The van der Waals surface area contributed by atoms with Gasteiger partial charge in [0.25, 0.3) is 0 Å². The normalized spacial score (nSPS) is 22.4. The lowest BCUT2D eigenvalue weighted by molar-refractivity contribution is 0.361. The minimum atomic E-state index is -9.71. The van der Waals surface area contributed by atoms with Crippen LogP contribution in [0, 0.1) is 11.3 Å². The number of nitriles is 1. The van der Waals surface area contributed by atoms with Crippen molar-refractivity contribution in [3.05, 3.63) is 29.8 Å². The van der Waals surface area contributed by atoms with Crippen molar-refractivity contribution in [2.24, 2.45) is 0 Å². The molecule has 1 saturated heterocycles. The first-order valence-corrected chi connectivity index (χ1v) is 7.89. The Morgan fingerprint density at radius 3 is 2.20 bits per heavy atom. The molecule has 1 aliphatic heterocycles. The van der Waals surface area contributed by atoms with Gasteiger partial charge in [0.1, 0.15) is 4.90 Å². The maximum Gasteiger partial charge on any atom is 0.310 e. The van der Waals surface area contributed by atoms with Gasteiger partial charge in [0.05, 0.1) is 11.5 Å². The van der Waals surface area contributed by atoms with Gasteiger partial charge in [-0.2, -0.15) is 5.26 Å². The van der Waals surface area contributed by atoms with Crippen LogP contribution >= 0.6 is 10.2 Å². The van der Waals surface area contributed by atoms with Crippen LogP contribution in [0.15, 0.2) is 29.2 Å². The molecule has 20 heavy (non-hydrogen) atoms. The number of rotatable bonds is 2. The van der Waals surface area contributed by atoms with E-state index in [0.29, 0.717) is 38.1 Å². The van der Waals surface area contributed by atoms with E-state index in [2.05, 4.69) is 5.32 Å². The van der Waals surface area contributed by atoms with Crippen LogP contribution in [0.2, 0.25) is 0 Å². The lowest BCUT2D eigenvalue weighted by Gasteiger charge is -2.41. The monoisotopic (exact) mass is 312 g/mol. The van der Waals surface area contributed by atoms with Gasteiger partial charge in [-0.3, -0.25) is 0 Å². The quantitative estimate of drug-likeness (QED) is 0.817. The first-order valence-electron chi connectivity index (χ1n) is 5.93. The Morgan fingerprint density at radius 1 is 1.10 bits per heavy atom. The van der Waals surface area contributed by atoms with Crippen LogP contribution in [-0.4, -0.2) is 13.1 Å². The second-order valence-corrected chi connectivity index (χ2v) is 7.35. The minimum absolute atomic E-state index is 0.00671. The van der Waals surface area contributed by atoms with Gasteiger partial charge in [0.2, 0.25) is 0 Å². The Kier molecular flexibility index (Phi) is 2.91. The van der Waals surface area contributed by atoms with E-state index in [1.807, 2.05) is 6.07 Å². The van der Waals surface area contributed by atoms with E-state index in [9.17, 15) is 24.7 Å². The summed E-state index contributed by atoms with van der Waals surface area (Å²) in [5.41, 5.74) is -1.13. The zero-order valence-corrected chi connectivity index (χ0v) is 11.2. The predicted octanol–water partition coefficient (Wildman–Crippen LogP) is 4.49. The molecule has 8 heteroatoms. The number of piperidine rings is 1. The van der Waals surface area contributed by atoms with Crippen LogP contribution in [0.1, 0.15) is 18.4 Å². The summed E-state index contributed by atoms with van der Waals surface area (Å²) in [6.07, 6.45) is 0.598. The summed E-state index contributed by atoms with van der Waals surface area (Å²) in [7, 11) is -9.71. The molecule has 0 amide bonds. The van der Waals surface area contributed by atoms with E-state index in [1.165, 1.54) is 6.07 Å². The molecule has 0 aromatic heterocycles. The van der Waals surface area contributed by atoms with Crippen molar-refractivity contribution < 1.29 is 19.4 Å². The molecule has 0 radical (unpaired) electrons. The van der Waals surface area contributed by atoms with E-state index in [0.717, 1.165) is 6.07 Å². The van der Waals surface area contributed by atoms with E-state index < -0.39 is 20.5 Å². The van der Waals surface area contributed by atoms with Gasteiger partial charge >= 0.3 is 10.2 Å². The smallest absolute Gasteiger partial charge is 0.310 e. The summed E-state index contributed by atoms with van der Waals surface area (Å²) in [5, 5.41) is 12.3. The molecule has 1 heterocycles. The van der Waals surface area contributed by atoms with Crippen LogP contribution in [0.25, 0.3) is 0 Å². The molecular formula is C12H13F5N2S. The van der Waals surface area contributed by atoms with E-state index in [1.54, 1.807) is 0 Å². The fourth-order valence-electron chi connectivity index (χ4n) is 2.35. The maximum absolute atomic E-state index is 12.8. The van der Waals surface area contributed by atoms with Crippen LogP contribution < -0.4 is 5.32 Å². The van der Waals surface area contributed by atoms with Crippen molar-refractivity contribution in [3.63, 3.8) is 0 Å². The minimum Gasteiger partial charge on any atom is -0.317 e. The molecule has 1 aliphatic rings. The lowest BCUT2D eigenvalue weighted by Crippen LogP contribution is -2.38. The van der Waals surface area contributed by atoms with Crippen LogP contribution in [-0.2, 0) is 5.41 Å². The molecule has 2 rings (SSSR count). The first kappa shape index (κ1) is 15.1. The zero-order valence-electron chi connectivity index (χ0n) is 10.4. The van der Waals surface area contributed by atoms with Gasteiger partial charge in [0.15, 0.2) is 0 Å². The molecule has 112 valence electrons. The summed E-state index contributed by atoms with van der Waals surface area (Å²) >= 11 is 0. The highest BCUT2D eigenvalue weighted by Gasteiger charge is 2.65. The van der Waals surface area contributed by atoms with Gasteiger partial charge in [-0.05, 0) is 43.6 Å². The highest BCUT2D eigenvalue weighted by atomic mass is 32.5. The largest absolute Gasteiger partial charge is 0.317 e. The number of benzene rings is 1. The Bertz CT molecular complexity index is 569. The Balaban J connectivity index is 2.54. The highest BCUT2D eigenvalue weighted by molar-refractivity contribution is 8.45. The molecule has 1 fully saturated rings. The molecule has 0 atom stereocenters. The molecule has 1 aromatic rings. The van der Waals surface area contributed by atoms with Crippen molar-refractivity contribution in [3.8, 4) is 6.07 Å². The summed E-state index contributed by atoms with van der Waals surface area (Å²) in [4.78, 5) is -1.93. The summed E-state index contributed by atoms with van der Waals surface area (Å²) < 4.78 is 64.1. The number of hydrogen-bond donors (Lipinski definition) is 1. The summed E-state index contributed by atoms with van der Waals surface area (Å²) in [5.74, 6) is 0. The molecular weight excluding hydrogens is 299 g/mol. The van der Waals surface area contributed by atoms with Gasteiger partial charge < -0.3 is 5.32 Å².